The van der Waals surface area contributed by atoms with Gasteiger partial charge in [0.1, 0.15) is 5.76 Å². The van der Waals surface area contributed by atoms with Gasteiger partial charge in [-0.05, 0) is 38.5 Å². The molecule has 1 heterocycles. The number of nitrogens with zero attached hydrogens (tertiary/aromatic N) is 1. The van der Waals surface area contributed by atoms with Gasteiger partial charge in [-0.15, -0.1) is 0 Å². The Hall–Kier alpha value is -2.07. The quantitative estimate of drug-likeness (QED) is 0.585. The third-order valence-electron chi connectivity index (χ3n) is 3.53. The number of benzene rings is 1. The van der Waals surface area contributed by atoms with Crippen molar-refractivity contribution in [3.63, 3.8) is 0 Å². The first-order chi connectivity index (χ1) is 10.7. The largest absolute Gasteiger partial charge is 0.464 e. The van der Waals surface area contributed by atoms with Crippen LogP contribution in [0.1, 0.15) is 40.2 Å². The number of hydrogen-bond acceptors (Lipinski definition) is 3. The molecule has 124 valence electrons. The number of furan rings is 1. The van der Waals surface area contributed by atoms with Gasteiger partial charge in [-0.25, -0.2) is 5.06 Å². The lowest BCUT2D eigenvalue weighted by atomic mass is 9.84. The van der Waals surface area contributed by atoms with Crippen molar-refractivity contribution in [1.82, 2.24) is 5.06 Å². The van der Waals surface area contributed by atoms with E-state index in [2.05, 4.69) is 26.0 Å². The second-order valence-corrected chi connectivity index (χ2v) is 7.32. The van der Waals surface area contributed by atoms with Crippen molar-refractivity contribution in [2.75, 3.05) is 6.54 Å². The summed E-state index contributed by atoms with van der Waals surface area (Å²) >= 11 is 0. The highest BCUT2D eigenvalue weighted by atomic mass is 16.7. The molecule has 0 bridgehead atoms. The van der Waals surface area contributed by atoms with Crippen LogP contribution in [0.3, 0.4) is 0 Å². The fraction of sp³-hybridized carbons (Fsp3) is 0.421. The summed E-state index contributed by atoms with van der Waals surface area (Å²) in [5.74, 6) is 0.847. The standard InChI is InChI=1S/C19H25NO3/c1-18(2,3)23-20(14-21)13-19(4,5)16-10-8-15(9-11-16)17-7-6-12-22-17/h6-12,14H,13H2,1-5H3. The minimum atomic E-state index is -0.403. The second-order valence-electron chi connectivity index (χ2n) is 7.32. The SMILES string of the molecule is CC(C)(C)ON(C=O)CC(C)(C)c1ccc(-c2ccco2)cc1. The van der Waals surface area contributed by atoms with Gasteiger partial charge in [0.2, 0.25) is 6.41 Å². The number of hydroxylamine groups is 2. The Labute approximate surface area is 138 Å². The molecule has 23 heavy (non-hydrogen) atoms. The first kappa shape index (κ1) is 17.3. The second kappa shape index (κ2) is 6.59. The van der Waals surface area contributed by atoms with Crippen molar-refractivity contribution in [3.8, 4) is 11.3 Å². The van der Waals surface area contributed by atoms with E-state index in [4.69, 9.17) is 9.25 Å². The molecular formula is C19H25NO3. The van der Waals surface area contributed by atoms with Crippen LogP contribution in [0.15, 0.2) is 47.1 Å². The molecule has 0 aliphatic heterocycles. The van der Waals surface area contributed by atoms with Crippen molar-refractivity contribution >= 4 is 6.41 Å². The van der Waals surface area contributed by atoms with E-state index in [1.807, 2.05) is 45.0 Å². The zero-order valence-electron chi connectivity index (χ0n) is 14.5. The van der Waals surface area contributed by atoms with Crippen molar-refractivity contribution in [1.29, 1.82) is 0 Å². The summed E-state index contributed by atoms with van der Waals surface area (Å²) in [6, 6.07) is 12.0. The number of hydrogen-bond donors (Lipinski definition) is 0. The predicted molar refractivity (Wildman–Crippen MR) is 90.8 cm³/mol. The number of rotatable bonds is 6. The lowest BCUT2D eigenvalue weighted by Crippen LogP contribution is -2.40. The Morgan fingerprint density at radius 1 is 1.09 bits per heavy atom. The molecule has 0 saturated carbocycles. The van der Waals surface area contributed by atoms with Gasteiger partial charge in [-0.3, -0.25) is 9.63 Å². The van der Waals surface area contributed by atoms with Crippen LogP contribution in [0.25, 0.3) is 11.3 Å². The zero-order chi connectivity index (χ0) is 17.1. The highest BCUT2D eigenvalue weighted by Gasteiger charge is 2.26. The summed E-state index contributed by atoms with van der Waals surface area (Å²) < 4.78 is 5.41. The normalized spacial score (nSPS) is 12.2. The van der Waals surface area contributed by atoms with Gasteiger partial charge in [-0.1, -0.05) is 38.1 Å². The average molecular weight is 315 g/mol. The van der Waals surface area contributed by atoms with Gasteiger partial charge in [0, 0.05) is 11.0 Å². The Balaban J connectivity index is 2.13. The van der Waals surface area contributed by atoms with Gasteiger partial charge in [-0.2, -0.15) is 0 Å². The third kappa shape index (κ3) is 4.70. The highest BCUT2D eigenvalue weighted by Crippen LogP contribution is 2.28. The molecular weight excluding hydrogens is 290 g/mol. The summed E-state index contributed by atoms with van der Waals surface area (Å²) in [5.41, 5.74) is 1.54. The average Bonchev–Trinajstić information content (AvgIpc) is 2.99. The number of carbonyl (C=O) groups is 1. The minimum Gasteiger partial charge on any atom is -0.464 e. The molecule has 0 radical (unpaired) electrons. The first-order valence-corrected chi connectivity index (χ1v) is 7.77. The van der Waals surface area contributed by atoms with Crippen LogP contribution in [0.2, 0.25) is 0 Å². The molecule has 4 nitrogen and oxygen atoms in total. The fourth-order valence-electron chi connectivity index (χ4n) is 2.45. The zero-order valence-corrected chi connectivity index (χ0v) is 14.5. The van der Waals surface area contributed by atoms with E-state index in [0.29, 0.717) is 6.54 Å². The van der Waals surface area contributed by atoms with Crippen LogP contribution in [0.4, 0.5) is 0 Å². The van der Waals surface area contributed by atoms with Crippen molar-refractivity contribution in [3.05, 3.63) is 48.2 Å². The summed E-state index contributed by atoms with van der Waals surface area (Å²) in [6.45, 7) is 10.4. The molecule has 0 saturated heterocycles. The van der Waals surface area contributed by atoms with E-state index in [0.717, 1.165) is 23.3 Å². The van der Waals surface area contributed by atoms with Gasteiger partial charge in [0.15, 0.2) is 0 Å². The molecule has 2 rings (SSSR count). The lowest BCUT2D eigenvalue weighted by Gasteiger charge is -2.33. The Morgan fingerprint density at radius 2 is 1.74 bits per heavy atom. The Kier molecular flexibility index (Phi) is 4.95. The monoisotopic (exact) mass is 315 g/mol. The fourth-order valence-corrected chi connectivity index (χ4v) is 2.45. The lowest BCUT2D eigenvalue weighted by molar-refractivity contribution is -0.220. The van der Waals surface area contributed by atoms with E-state index in [9.17, 15) is 4.79 Å². The Bertz CT molecular complexity index is 622. The summed E-state index contributed by atoms with van der Waals surface area (Å²) in [6.07, 6.45) is 2.41. The van der Waals surface area contributed by atoms with Crippen LogP contribution in [-0.4, -0.2) is 23.6 Å². The van der Waals surface area contributed by atoms with E-state index >= 15 is 0 Å². The van der Waals surface area contributed by atoms with Crippen LogP contribution in [-0.2, 0) is 15.0 Å². The molecule has 0 spiro atoms. The van der Waals surface area contributed by atoms with E-state index in [1.165, 1.54) is 5.06 Å². The molecule has 0 aliphatic carbocycles. The molecule has 0 unspecified atom stereocenters. The highest BCUT2D eigenvalue weighted by molar-refractivity contribution is 5.58. The molecule has 2 aromatic rings. The predicted octanol–water partition coefficient (Wildman–Crippen LogP) is 4.41. The van der Waals surface area contributed by atoms with Crippen LogP contribution in [0.5, 0.6) is 0 Å². The van der Waals surface area contributed by atoms with Gasteiger partial charge < -0.3 is 4.42 Å². The van der Waals surface area contributed by atoms with Crippen molar-refractivity contribution < 1.29 is 14.0 Å². The first-order valence-electron chi connectivity index (χ1n) is 7.77. The maximum Gasteiger partial charge on any atom is 0.233 e. The van der Waals surface area contributed by atoms with Gasteiger partial charge >= 0.3 is 0 Å². The topological polar surface area (TPSA) is 42.7 Å². The van der Waals surface area contributed by atoms with E-state index < -0.39 is 5.60 Å². The maximum absolute atomic E-state index is 11.3. The van der Waals surface area contributed by atoms with E-state index in [1.54, 1.807) is 6.26 Å². The third-order valence-corrected chi connectivity index (χ3v) is 3.53. The molecule has 1 amide bonds. The summed E-state index contributed by atoms with van der Waals surface area (Å²) in [4.78, 5) is 17.0. The molecule has 0 aliphatic rings. The number of carbonyl (C=O) groups excluding carboxylic acids is 1. The molecule has 1 aromatic heterocycles. The van der Waals surface area contributed by atoms with Crippen LogP contribution >= 0.6 is 0 Å². The van der Waals surface area contributed by atoms with Gasteiger partial charge in [0.05, 0.1) is 18.4 Å². The molecule has 0 fully saturated rings. The van der Waals surface area contributed by atoms with Crippen LogP contribution < -0.4 is 0 Å². The summed E-state index contributed by atoms with van der Waals surface area (Å²) in [5, 5.41) is 1.38. The molecule has 1 aromatic carbocycles. The van der Waals surface area contributed by atoms with Crippen molar-refractivity contribution in [2.24, 2.45) is 0 Å². The Morgan fingerprint density at radius 3 is 2.22 bits per heavy atom. The van der Waals surface area contributed by atoms with Gasteiger partial charge in [0.25, 0.3) is 0 Å². The maximum atomic E-state index is 11.3. The minimum absolute atomic E-state index is 0.228. The van der Waals surface area contributed by atoms with Crippen LogP contribution in [0, 0.1) is 0 Å². The molecule has 0 atom stereocenters. The number of amides is 1. The van der Waals surface area contributed by atoms with Crippen molar-refractivity contribution in [2.45, 2.75) is 45.6 Å². The molecule has 0 N–H and O–H groups in total. The van der Waals surface area contributed by atoms with E-state index in [-0.39, 0.29) is 5.41 Å². The smallest absolute Gasteiger partial charge is 0.233 e. The summed E-state index contributed by atoms with van der Waals surface area (Å²) in [7, 11) is 0. The molecule has 4 heteroatoms.